The smallest absolute Gasteiger partial charge is 0.221 e. The molecule has 18 heavy (non-hydrogen) atoms. The number of fused-ring (bicyclic) bond motifs is 1. The summed E-state index contributed by atoms with van der Waals surface area (Å²) in [6.07, 6.45) is 3.35. The van der Waals surface area contributed by atoms with Gasteiger partial charge in [0.1, 0.15) is 0 Å². The van der Waals surface area contributed by atoms with Crippen LogP contribution in [0.1, 0.15) is 12.0 Å². The van der Waals surface area contributed by atoms with Crippen molar-refractivity contribution in [1.29, 1.82) is 0 Å². The van der Waals surface area contributed by atoms with Crippen LogP contribution in [-0.2, 0) is 18.3 Å². The highest BCUT2D eigenvalue weighted by molar-refractivity contribution is 6.18. The number of nitrogens with one attached hydrogen (secondary N) is 1. The van der Waals surface area contributed by atoms with Gasteiger partial charge in [0.15, 0.2) is 0 Å². The molecule has 0 radical (unpaired) electrons. The van der Waals surface area contributed by atoms with Crippen LogP contribution in [0.4, 0.5) is 0 Å². The van der Waals surface area contributed by atoms with Crippen LogP contribution in [0.15, 0.2) is 30.5 Å². The van der Waals surface area contributed by atoms with Gasteiger partial charge in [0.05, 0.1) is 0 Å². The maximum Gasteiger partial charge on any atom is 0.221 e. The quantitative estimate of drug-likeness (QED) is 0.827. The lowest BCUT2D eigenvalue weighted by atomic mass is 10.1. The van der Waals surface area contributed by atoms with Gasteiger partial charge in [-0.15, -0.1) is 11.6 Å². The molecule has 96 valence electrons. The molecule has 0 saturated heterocycles. The number of carbonyl (C=O) groups excluding carboxylic acids is 1. The number of halogens is 1. The summed E-state index contributed by atoms with van der Waals surface area (Å²) in [6.45, 7) is 0.656. The van der Waals surface area contributed by atoms with E-state index in [4.69, 9.17) is 11.6 Å². The Kier molecular flexibility index (Phi) is 4.26. The summed E-state index contributed by atoms with van der Waals surface area (Å²) in [6, 6.07) is 8.29. The Morgan fingerprint density at radius 3 is 2.94 bits per heavy atom. The van der Waals surface area contributed by atoms with E-state index in [0.29, 0.717) is 18.8 Å². The molecule has 2 aromatic rings. The van der Waals surface area contributed by atoms with Crippen LogP contribution >= 0.6 is 11.6 Å². The Bertz CT molecular complexity index is 548. The second kappa shape index (κ2) is 5.91. The maximum atomic E-state index is 11.3. The summed E-state index contributed by atoms with van der Waals surface area (Å²) >= 11 is 5.51. The first-order valence-corrected chi connectivity index (χ1v) is 6.61. The Morgan fingerprint density at radius 1 is 1.39 bits per heavy atom. The van der Waals surface area contributed by atoms with E-state index in [-0.39, 0.29) is 5.91 Å². The topological polar surface area (TPSA) is 34.0 Å². The third-order valence-corrected chi connectivity index (χ3v) is 3.21. The number of para-hydroxylation sites is 1. The minimum absolute atomic E-state index is 0.0187. The molecule has 0 aliphatic carbocycles. The molecule has 0 aliphatic heterocycles. The Labute approximate surface area is 112 Å². The Balaban J connectivity index is 2.02. The van der Waals surface area contributed by atoms with E-state index >= 15 is 0 Å². The van der Waals surface area contributed by atoms with Crippen LogP contribution in [0.3, 0.4) is 0 Å². The molecule has 0 bridgehead atoms. The molecule has 0 spiro atoms. The predicted octanol–water partition coefficient (Wildman–Crippen LogP) is 2.47. The van der Waals surface area contributed by atoms with Gasteiger partial charge in [-0.2, -0.15) is 0 Å². The van der Waals surface area contributed by atoms with E-state index in [1.807, 2.05) is 19.2 Å². The summed E-state index contributed by atoms with van der Waals surface area (Å²) in [5.41, 5.74) is 2.49. The van der Waals surface area contributed by atoms with Crippen molar-refractivity contribution in [1.82, 2.24) is 9.88 Å². The van der Waals surface area contributed by atoms with Crippen LogP contribution < -0.4 is 5.32 Å². The largest absolute Gasteiger partial charge is 0.356 e. The number of hydrogen-bond acceptors (Lipinski definition) is 1. The molecule has 0 fully saturated rings. The van der Waals surface area contributed by atoms with Crippen molar-refractivity contribution in [3.8, 4) is 0 Å². The minimum Gasteiger partial charge on any atom is -0.356 e. The number of aryl methyl sites for hydroxylation is 1. The monoisotopic (exact) mass is 264 g/mol. The van der Waals surface area contributed by atoms with Crippen molar-refractivity contribution >= 4 is 28.4 Å². The fraction of sp³-hybridized carbons (Fsp3) is 0.357. The number of aromatic nitrogens is 1. The molecule has 1 aromatic heterocycles. The van der Waals surface area contributed by atoms with Crippen molar-refractivity contribution in [2.24, 2.45) is 7.05 Å². The van der Waals surface area contributed by atoms with Gasteiger partial charge in [-0.3, -0.25) is 4.79 Å². The SMILES string of the molecule is Cn1cc(CCNC(=O)CCCl)c2ccccc21. The molecule has 0 atom stereocenters. The zero-order valence-electron chi connectivity index (χ0n) is 10.4. The fourth-order valence-corrected chi connectivity index (χ4v) is 2.31. The third-order valence-electron chi connectivity index (χ3n) is 3.02. The lowest BCUT2D eigenvalue weighted by molar-refractivity contribution is -0.120. The molecule has 1 heterocycles. The molecule has 1 aromatic carbocycles. The first-order valence-electron chi connectivity index (χ1n) is 6.08. The van der Waals surface area contributed by atoms with Gasteiger partial charge in [0, 0.05) is 43.0 Å². The number of nitrogens with zero attached hydrogens (tertiary/aromatic N) is 1. The van der Waals surface area contributed by atoms with Crippen molar-refractivity contribution in [2.45, 2.75) is 12.8 Å². The number of amides is 1. The standard InChI is InChI=1S/C14H17ClN2O/c1-17-10-11(7-9-16-14(18)6-8-15)12-4-2-3-5-13(12)17/h2-5,10H,6-9H2,1H3,(H,16,18). The summed E-state index contributed by atoms with van der Waals surface area (Å²) in [7, 11) is 2.04. The first-order chi connectivity index (χ1) is 8.72. The average molecular weight is 265 g/mol. The van der Waals surface area contributed by atoms with Crippen molar-refractivity contribution < 1.29 is 4.79 Å². The predicted molar refractivity (Wildman–Crippen MR) is 75.0 cm³/mol. The van der Waals surface area contributed by atoms with Gasteiger partial charge in [-0.1, -0.05) is 18.2 Å². The molecular weight excluding hydrogens is 248 g/mol. The van der Waals surface area contributed by atoms with E-state index in [1.165, 1.54) is 16.5 Å². The van der Waals surface area contributed by atoms with E-state index in [9.17, 15) is 4.79 Å². The van der Waals surface area contributed by atoms with Crippen LogP contribution in [0, 0.1) is 0 Å². The van der Waals surface area contributed by atoms with Crippen LogP contribution in [-0.4, -0.2) is 22.9 Å². The number of carbonyl (C=O) groups is 1. The highest BCUT2D eigenvalue weighted by Crippen LogP contribution is 2.20. The molecule has 0 saturated carbocycles. The Hall–Kier alpha value is -1.48. The van der Waals surface area contributed by atoms with Crippen LogP contribution in [0.5, 0.6) is 0 Å². The molecule has 1 amide bonds. The second-order valence-corrected chi connectivity index (χ2v) is 4.70. The highest BCUT2D eigenvalue weighted by Gasteiger charge is 2.06. The molecule has 2 rings (SSSR count). The maximum absolute atomic E-state index is 11.3. The summed E-state index contributed by atoms with van der Waals surface area (Å²) in [5, 5.41) is 4.13. The van der Waals surface area contributed by atoms with Crippen molar-refractivity contribution in [3.63, 3.8) is 0 Å². The minimum atomic E-state index is 0.0187. The van der Waals surface area contributed by atoms with E-state index in [2.05, 4.69) is 28.2 Å². The summed E-state index contributed by atoms with van der Waals surface area (Å²) < 4.78 is 2.12. The number of alkyl halides is 1. The van der Waals surface area contributed by atoms with Gasteiger partial charge >= 0.3 is 0 Å². The molecule has 3 nitrogen and oxygen atoms in total. The van der Waals surface area contributed by atoms with Crippen molar-refractivity contribution in [3.05, 3.63) is 36.0 Å². The molecule has 1 N–H and O–H groups in total. The third kappa shape index (κ3) is 2.85. The van der Waals surface area contributed by atoms with Gasteiger partial charge in [-0.25, -0.2) is 0 Å². The van der Waals surface area contributed by atoms with E-state index in [0.717, 1.165) is 6.42 Å². The average Bonchev–Trinajstić information content (AvgIpc) is 2.68. The molecular formula is C14H17ClN2O. The zero-order valence-corrected chi connectivity index (χ0v) is 11.2. The second-order valence-electron chi connectivity index (χ2n) is 4.32. The molecule has 0 unspecified atom stereocenters. The summed E-state index contributed by atoms with van der Waals surface area (Å²) in [5.74, 6) is 0.394. The van der Waals surface area contributed by atoms with Gasteiger partial charge in [0.25, 0.3) is 0 Å². The number of hydrogen-bond donors (Lipinski definition) is 1. The van der Waals surface area contributed by atoms with Crippen molar-refractivity contribution in [2.75, 3.05) is 12.4 Å². The Morgan fingerprint density at radius 2 is 2.17 bits per heavy atom. The first kappa shape index (κ1) is 13.0. The molecule has 4 heteroatoms. The lowest BCUT2D eigenvalue weighted by Gasteiger charge is -2.03. The van der Waals surface area contributed by atoms with E-state index < -0.39 is 0 Å². The lowest BCUT2D eigenvalue weighted by Crippen LogP contribution is -2.25. The van der Waals surface area contributed by atoms with Crippen LogP contribution in [0.25, 0.3) is 10.9 Å². The zero-order chi connectivity index (χ0) is 13.0. The normalized spacial score (nSPS) is 10.8. The molecule has 0 aliphatic rings. The van der Waals surface area contributed by atoms with E-state index in [1.54, 1.807) is 0 Å². The van der Waals surface area contributed by atoms with Gasteiger partial charge in [-0.05, 0) is 18.1 Å². The van der Waals surface area contributed by atoms with Gasteiger partial charge < -0.3 is 9.88 Å². The van der Waals surface area contributed by atoms with Crippen LogP contribution in [0.2, 0.25) is 0 Å². The number of rotatable bonds is 5. The fourth-order valence-electron chi connectivity index (χ4n) is 2.14. The highest BCUT2D eigenvalue weighted by atomic mass is 35.5. The number of benzene rings is 1. The van der Waals surface area contributed by atoms with Gasteiger partial charge in [0.2, 0.25) is 5.91 Å². The summed E-state index contributed by atoms with van der Waals surface area (Å²) in [4.78, 5) is 11.3.